The lowest BCUT2D eigenvalue weighted by atomic mass is 9.94. The van der Waals surface area contributed by atoms with Crippen LogP contribution in [0.3, 0.4) is 0 Å². The maximum absolute atomic E-state index is 12.7. The minimum Gasteiger partial charge on any atom is -0.492 e. The minimum atomic E-state index is -0.641. The monoisotopic (exact) mass is 2150 g/mol. The van der Waals surface area contributed by atoms with Crippen molar-refractivity contribution in [2.24, 2.45) is 0 Å². The maximum atomic E-state index is 12.7. The molecule has 0 saturated carbocycles. The van der Waals surface area contributed by atoms with Crippen LogP contribution in [0.15, 0.2) is 146 Å². The molecule has 5 fully saturated rings. The fraction of sp³-hybridized carbons (Fsp3) is 0.450. The molecule has 0 aliphatic carbocycles. The number of methoxy groups -OCH3 is 10. The van der Waals surface area contributed by atoms with Crippen LogP contribution in [0.2, 0.25) is 25.1 Å². The zero-order valence-corrected chi connectivity index (χ0v) is 89.6. The van der Waals surface area contributed by atoms with E-state index in [9.17, 15) is 47.9 Å². The fourth-order valence-electron chi connectivity index (χ4n) is 21.5. The lowest BCUT2D eigenvalue weighted by Crippen LogP contribution is -2.50. The Morgan fingerprint density at radius 2 is 0.477 bits per heavy atom. The van der Waals surface area contributed by atoms with E-state index in [2.05, 4.69) is 52.7 Å². The summed E-state index contributed by atoms with van der Waals surface area (Å²) in [4.78, 5) is 123. The van der Waals surface area contributed by atoms with Crippen LogP contribution in [0.1, 0.15) is 234 Å². The summed E-state index contributed by atoms with van der Waals surface area (Å²) in [5.41, 5.74) is 11.2. The number of ether oxygens (including phenoxy) is 15. The molecule has 5 aromatic carbocycles. The third kappa shape index (κ3) is 22.2. The van der Waals surface area contributed by atoms with E-state index in [1.165, 1.54) is 65.9 Å². The average Bonchev–Trinajstić information content (AvgIpc) is 1.63. The Kier molecular flexibility index (Phi) is 34.7. The third-order valence-corrected chi connectivity index (χ3v) is 30.0. The molecule has 5 saturated heterocycles. The quantitative estimate of drug-likeness (QED) is 0.0229. The second-order valence-electron chi connectivity index (χ2n) is 38.6. The van der Waals surface area contributed by atoms with Crippen molar-refractivity contribution in [2.45, 2.75) is 165 Å². The fourth-order valence-corrected chi connectivity index (χ4v) is 22.6. The van der Waals surface area contributed by atoms with Crippen molar-refractivity contribution in [2.75, 3.05) is 182 Å². The lowest BCUT2D eigenvalue weighted by molar-refractivity contribution is 0.0589. The first-order valence-electron chi connectivity index (χ1n) is 49.6. The molecule has 10 aromatic rings. The van der Waals surface area contributed by atoms with Gasteiger partial charge in [-0.3, -0.25) is 57.4 Å². The largest absolute Gasteiger partial charge is 0.492 e. The average molecular weight is 2150 g/mol. The van der Waals surface area contributed by atoms with Gasteiger partial charge in [0.2, 0.25) is 0 Å². The van der Waals surface area contributed by atoms with E-state index < -0.39 is 29.8 Å². The molecular formula is C109H123Cl5N10O25. The predicted molar refractivity (Wildman–Crippen MR) is 566 cm³/mol. The second kappa shape index (κ2) is 47.3. The van der Waals surface area contributed by atoms with Crippen molar-refractivity contribution >= 4 is 87.9 Å². The molecule has 5 atom stereocenters. The first kappa shape index (κ1) is 109. The van der Waals surface area contributed by atoms with Gasteiger partial charge in [-0.1, -0.05) is 58.0 Å². The van der Waals surface area contributed by atoms with Crippen LogP contribution >= 0.6 is 58.0 Å². The van der Waals surface area contributed by atoms with Crippen LogP contribution in [-0.2, 0) is 47.4 Å². The number of hydrogen-bond acceptors (Lipinski definition) is 30. The number of pyridine rings is 5. The molecule has 5 aromatic heterocycles. The van der Waals surface area contributed by atoms with E-state index in [-0.39, 0.29) is 96.2 Å². The number of hydrogen-bond donors (Lipinski definition) is 0. The normalized spacial score (nSPS) is 17.4. The number of esters is 5. The van der Waals surface area contributed by atoms with Crippen molar-refractivity contribution in [1.82, 2.24) is 23.4 Å². The third-order valence-electron chi connectivity index (χ3n) is 28.5. The van der Waals surface area contributed by atoms with Crippen LogP contribution in [0.5, 0.6) is 28.7 Å². The van der Waals surface area contributed by atoms with Gasteiger partial charge in [-0.25, -0.2) is 24.0 Å². The SMILES string of the molecule is COCCCOc1cc2c(cc1Cl)-c1cc(=O)c(C(=O)OC)cn1N1C2CCC1(C)C.COCCCOc1cc2c(cc1Cl)-c1cc(=O)c(C(=O)OC)cn1N1CCCC21.COCCCOc1cc2c(cc1Cl)-c1cc(=O)c(C(=O)OC)cn1N1CCC[C@@H]21.COCCCOc1cc2c(cc1Cl)-c1cc(=O)c(C(=O)OC)cn1N1CCC[C@H]21.COCCCOc1cc2c(cc1Cl)-c1cc(=O)c(C(=O)OC)cn1N1[C@@H]2CCC1(C)C. The van der Waals surface area contributed by atoms with Gasteiger partial charge in [0, 0.05) is 209 Å². The molecule has 40 heteroatoms. The summed E-state index contributed by atoms with van der Waals surface area (Å²) in [6, 6.07) is 27.1. The van der Waals surface area contributed by atoms with E-state index >= 15 is 0 Å². The number of nitrogens with zero attached hydrogens (tertiary/aromatic N) is 10. The second-order valence-corrected chi connectivity index (χ2v) is 40.6. The first-order chi connectivity index (χ1) is 71.7. The molecule has 0 radical (unpaired) electrons. The van der Waals surface area contributed by atoms with Crippen molar-refractivity contribution in [1.29, 1.82) is 0 Å². The summed E-state index contributed by atoms with van der Waals surface area (Å²) in [7, 11) is 14.7. The van der Waals surface area contributed by atoms with Crippen LogP contribution < -0.4 is 75.9 Å². The first-order valence-corrected chi connectivity index (χ1v) is 51.5. The van der Waals surface area contributed by atoms with Crippen molar-refractivity contribution in [3.8, 4) is 85.0 Å². The summed E-state index contributed by atoms with van der Waals surface area (Å²) < 4.78 is 88.2. The number of rotatable bonds is 30. The van der Waals surface area contributed by atoms with Gasteiger partial charge in [0.25, 0.3) is 0 Å². The van der Waals surface area contributed by atoms with Gasteiger partial charge in [0.15, 0.2) is 27.1 Å². The van der Waals surface area contributed by atoms with Gasteiger partial charge in [-0.15, -0.1) is 0 Å². The highest BCUT2D eigenvalue weighted by atomic mass is 35.5. The van der Waals surface area contributed by atoms with Gasteiger partial charge in [-0.05, 0) is 180 Å². The number of aromatic nitrogens is 5. The topological polar surface area (TPSA) is 350 Å². The van der Waals surface area contributed by atoms with Gasteiger partial charge in [-0.2, -0.15) is 0 Å². The molecule has 15 heterocycles. The number of halogens is 5. The molecule has 35 nitrogen and oxygen atoms in total. The van der Waals surface area contributed by atoms with Gasteiger partial charge >= 0.3 is 29.8 Å². The van der Waals surface area contributed by atoms with Gasteiger partial charge in [0.1, 0.15) is 56.6 Å². The molecule has 2 unspecified atom stereocenters. The molecule has 0 bridgehead atoms. The summed E-state index contributed by atoms with van der Waals surface area (Å²) in [5, 5.41) is 13.4. The number of carbonyl (C=O) groups excluding carboxylic acids is 5. The van der Waals surface area contributed by atoms with E-state index in [0.29, 0.717) is 148 Å². The molecule has 0 amide bonds. The number of carbonyl (C=O) groups is 5. The van der Waals surface area contributed by atoms with Gasteiger partial charge < -0.3 is 86.1 Å². The Bertz CT molecular complexity index is 6530. The van der Waals surface area contributed by atoms with E-state index in [1.54, 1.807) is 66.5 Å². The molecule has 20 rings (SSSR count). The molecule has 149 heavy (non-hydrogen) atoms. The zero-order valence-electron chi connectivity index (χ0n) is 85.8. The van der Waals surface area contributed by atoms with E-state index in [1.807, 2.05) is 84.0 Å². The standard InChI is InChI=1S/2C23H27ClN2O5.3C21H23ClN2O5/c2*1-23(2)7-6-18-15-11-21(31-9-5-8-29-3)17(24)10-14(15)19-12-20(27)16(22(28)30-4)13-25(19)26(18)23;3*1-27-7-4-8-29-20-10-14-13(9-16(20)22)18-11-19(25)15(21(26)28-2)12-24(18)23-6-3-5-17(14)23/h2*10-13,18H,5-9H2,1-4H3;3*9-12,17H,3-8H2,1-2H3/t18-;;2*17-;/m1.10./s1. The minimum absolute atomic E-state index is 0.0142. The highest BCUT2D eigenvalue weighted by molar-refractivity contribution is 6.34. The van der Waals surface area contributed by atoms with Crippen LogP contribution in [0, 0.1) is 0 Å². The summed E-state index contributed by atoms with van der Waals surface area (Å²) >= 11 is 32.6. The Labute approximate surface area is 886 Å². The molecule has 0 N–H and O–H groups in total. The summed E-state index contributed by atoms with van der Waals surface area (Å²) in [5.74, 6) is -0.0265. The summed E-state index contributed by atoms with van der Waals surface area (Å²) in [6.45, 7) is 16.8. The number of fused-ring (bicyclic) bond motifs is 30. The summed E-state index contributed by atoms with van der Waals surface area (Å²) in [6.07, 6.45) is 21.5. The Balaban J connectivity index is 0.000000133. The van der Waals surface area contributed by atoms with E-state index in [4.69, 9.17) is 129 Å². The Morgan fingerprint density at radius 1 is 0.275 bits per heavy atom. The highest BCUT2D eigenvalue weighted by Crippen LogP contribution is 2.55. The lowest BCUT2D eigenvalue weighted by Gasteiger charge is -2.44. The predicted octanol–water partition coefficient (Wildman–Crippen LogP) is 17.3. The van der Waals surface area contributed by atoms with Crippen LogP contribution in [-0.4, -0.2) is 221 Å². The number of benzene rings is 5. The Hall–Kier alpha value is -12.6. The molecule has 794 valence electrons. The Morgan fingerprint density at radius 3 is 0.685 bits per heavy atom. The smallest absolute Gasteiger partial charge is 0.343 e. The zero-order chi connectivity index (χ0) is 106. The molecule has 10 aliphatic rings. The van der Waals surface area contributed by atoms with Crippen LogP contribution in [0.4, 0.5) is 0 Å². The maximum Gasteiger partial charge on any atom is 0.343 e. The molecule has 10 aliphatic heterocycles. The highest BCUT2D eigenvalue weighted by Gasteiger charge is 2.49. The molecular weight excluding hydrogens is 2030 g/mol. The van der Waals surface area contributed by atoms with Crippen molar-refractivity contribution in [3.63, 3.8) is 0 Å². The van der Waals surface area contributed by atoms with Crippen LogP contribution in [0.25, 0.3) is 56.3 Å². The molecule has 0 spiro atoms. The van der Waals surface area contributed by atoms with Gasteiger partial charge in [0.05, 0.1) is 163 Å². The van der Waals surface area contributed by atoms with Crippen molar-refractivity contribution in [3.05, 3.63) is 254 Å². The van der Waals surface area contributed by atoms with Crippen molar-refractivity contribution < 1.29 is 95.0 Å². The van der Waals surface area contributed by atoms with E-state index in [0.717, 1.165) is 172 Å².